The fourth-order valence-corrected chi connectivity index (χ4v) is 1.53. The van der Waals surface area contributed by atoms with E-state index in [4.69, 9.17) is 14.6 Å². The van der Waals surface area contributed by atoms with Crippen LogP contribution in [0.3, 0.4) is 0 Å². The second kappa shape index (κ2) is 6.86. The third-order valence-electron chi connectivity index (χ3n) is 2.70. The molecule has 0 aliphatic heterocycles. The van der Waals surface area contributed by atoms with Gasteiger partial charge in [0.15, 0.2) is 0 Å². The van der Waals surface area contributed by atoms with Gasteiger partial charge in [-0.15, -0.1) is 0 Å². The van der Waals surface area contributed by atoms with E-state index in [-0.39, 0.29) is 18.6 Å². The summed E-state index contributed by atoms with van der Waals surface area (Å²) in [6, 6.07) is 4.75. The van der Waals surface area contributed by atoms with Crippen LogP contribution in [-0.2, 0) is 0 Å². The predicted octanol–water partition coefficient (Wildman–Crippen LogP) is 1.20. The Bertz CT molecular complexity index is 402. The normalized spacial score (nSPS) is 11.8. The number of ether oxygens (including phenoxy) is 2. The number of aliphatic hydroxyl groups excluding tert-OH is 1. The molecule has 5 heteroatoms. The molecular weight excluding hydrogens is 234 g/mol. The van der Waals surface area contributed by atoms with Crippen molar-refractivity contribution >= 4 is 5.91 Å². The van der Waals surface area contributed by atoms with E-state index in [1.165, 1.54) is 14.2 Å². The van der Waals surface area contributed by atoms with Crippen LogP contribution in [0.15, 0.2) is 18.2 Å². The largest absolute Gasteiger partial charge is 0.497 e. The molecule has 0 heterocycles. The highest BCUT2D eigenvalue weighted by Gasteiger charge is 2.16. The fourth-order valence-electron chi connectivity index (χ4n) is 1.53. The Morgan fingerprint density at radius 2 is 2.11 bits per heavy atom. The van der Waals surface area contributed by atoms with Crippen LogP contribution in [0.2, 0.25) is 0 Å². The smallest absolute Gasteiger partial charge is 0.255 e. The molecule has 5 nitrogen and oxygen atoms in total. The molecule has 1 aromatic rings. The number of hydrogen-bond acceptors (Lipinski definition) is 4. The summed E-state index contributed by atoms with van der Waals surface area (Å²) in [5.41, 5.74) is 0.392. The van der Waals surface area contributed by atoms with Crippen molar-refractivity contribution < 1.29 is 19.4 Å². The van der Waals surface area contributed by atoms with E-state index in [2.05, 4.69) is 5.32 Å². The quantitative estimate of drug-likeness (QED) is 0.799. The van der Waals surface area contributed by atoms with Gasteiger partial charge in [-0.25, -0.2) is 0 Å². The van der Waals surface area contributed by atoms with Crippen LogP contribution in [0.1, 0.15) is 23.7 Å². The molecule has 0 aliphatic carbocycles. The molecular formula is C13H19NO4. The molecule has 0 fully saturated rings. The minimum absolute atomic E-state index is 0.0888. The van der Waals surface area contributed by atoms with Crippen LogP contribution in [0, 0.1) is 0 Å². The monoisotopic (exact) mass is 253 g/mol. The molecule has 1 rings (SSSR count). The number of aliphatic hydroxyl groups is 1. The van der Waals surface area contributed by atoms with Crippen molar-refractivity contribution in [2.45, 2.75) is 19.4 Å². The molecule has 0 saturated carbocycles. The lowest BCUT2D eigenvalue weighted by molar-refractivity contribution is 0.0911. The van der Waals surface area contributed by atoms with E-state index in [1.807, 2.05) is 6.92 Å². The average Bonchev–Trinajstić information content (AvgIpc) is 2.43. The lowest BCUT2D eigenvalue weighted by Gasteiger charge is -2.16. The summed E-state index contributed by atoms with van der Waals surface area (Å²) in [6.45, 7) is 1.80. The van der Waals surface area contributed by atoms with Gasteiger partial charge in [-0.05, 0) is 24.6 Å². The number of benzene rings is 1. The SMILES string of the molecule is CC[C@H](CO)NC(=O)c1cc(OC)ccc1OC. The van der Waals surface area contributed by atoms with Crippen molar-refractivity contribution in [3.63, 3.8) is 0 Å². The summed E-state index contributed by atoms with van der Waals surface area (Å²) in [5.74, 6) is 0.769. The predicted molar refractivity (Wildman–Crippen MR) is 68.2 cm³/mol. The third-order valence-corrected chi connectivity index (χ3v) is 2.70. The molecule has 1 amide bonds. The molecule has 0 radical (unpaired) electrons. The van der Waals surface area contributed by atoms with E-state index in [0.717, 1.165) is 0 Å². The first-order chi connectivity index (χ1) is 8.65. The molecule has 0 spiro atoms. The van der Waals surface area contributed by atoms with Gasteiger partial charge in [0.25, 0.3) is 5.91 Å². The lowest BCUT2D eigenvalue weighted by Crippen LogP contribution is -2.37. The second-order valence-electron chi connectivity index (χ2n) is 3.83. The van der Waals surface area contributed by atoms with E-state index < -0.39 is 0 Å². The summed E-state index contributed by atoms with van der Waals surface area (Å²) in [5, 5.41) is 11.8. The summed E-state index contributed by atoms with van der Waals surface area (Å²) >= 11 is 0. The van der Waals surface area contributed by atoms with E-state index >= 15 is 0 Å². The molecule has 0 saturated heterocycles. The number of carbonyl (C=O) groups is 1. The van der Waals surface area contributed by atoms with Gasteiger partial charge in [-0.2, -0.15) is 0 Å². The van der Waals surface area contributed by atoms with Crippen LogP contribution in [0.5, 0.6) is 11.5 Å². The fraction of sp³-hybridized carbons (Fsp3) is 0.462. The molecule has 0 bridgehead atoms. The maximum atomic E-state index is 12.1. The summed E-state index contributed by atoms with van der Waals surface area (Å²) in [7, 11) is 3.04. The maximum absolute atomic E-state index is 12.1. The van der Waals surface area contributed by atoms with Crippen LogP contribution < -0.4 is 14.8 Å². The van der Waals surface area contributed by atoms with Crippen molar-refractivity contribution in [1.82, 2.24) is 5.32 Å². The average molecular weight is 253 g/mol. The Kier molecular flexibility index (Phi) is 5.45. The van der Waals surface area contributed by atoms with Gasteiger partial charge in [-0.1, -0.05) is 6.92 Å². The van der Waals surface area contributed by atoms with Crippen molar-refractivity contribution in [1.29, 1.82) is 0 Å². The van der Waals surface area contributed by atoms with Crippen LogP contribution in [0.25, 0.3) is 0 Å². The summed E-state index contributed by atoms with van der Waals surface area (Å²) in [4.78, 5) is 12.1. The second-order valence-corrected chi connectivity index (χ2v) is 3.83. The molecule has 18 heavy (non-hydrogen) atoms. The third kappa shape index (κ3) is 3.37. The molecule has 1 aromatic carbocycles. The first-order valence-corrected chi connectivity index (χ1v) is 5.80. The first-order valence-electron chi connectivity index (χ1n) is 5.80. The van der Waals surface area contributed by atoms with Gasteiger partial charge in [0.05, 0.1) is 32.4 Å². The van der Waals surface area contributed by atoms with Gasteiger partial charge >= 0.3 is 0 Å². The highest BCUT2D eigenvalue weighted by Crippen LogP contribution is 2.23. The van der Waals surface area contributed by atoms with Crippen LogP contribution in [0.4, 0.5) is 0 Å². The number of rotatable bonds is 6. The van der Waals surface area contributed by atoms with Gasteiger partial charge in [0, 0.05) is 0 Å². The van der Waals surface area contributed by atoms with Crippen molar-refractivity contribution in [2.24, 2.45) is 0 Å². The Morgan fingerprint density at radius 1 is 1.39 bits per heavy atom. The van der Waals surface area contributed by atoms with Gasteiger partial charge in [0.2, 0.25) is 0 Å². The summed E-state index contributed by atoms with van der Waals surface area (Å²) in [6.07, 6.45) is 0.661. The Morgan fingerprint density at radius 3 is 2.61 bits per heavy atom. The molecule has 100 valence electrons. The molecule has 0 aromatic heterocycles. The standard InChI is InChI=1S/C13H19NO4/c1-4-9(8-15)14-13(16)11-7-10(17-2)5-6-12(11)18-3/h5-7,9,15H,4,8H2,1-3H3,(H,14,16)/t9-/m1/s1. The Hall–Kier alpha value is -1.75. The minimum Gasteiger partial charge on any atom is -0.497 e. The zero-order chi connectivity index (χ0) is 13.5. The van der Waals surface area contributed by atoms with Crippen LogP contribution in [-0.4, -0.2) is 37.9 Å². The van der Waals surface area contributed by atoms with Crippen LogP contribution >= 0.6 is 0 Å². The Balaban J connectivity index is 2.95. The molecule has 1 atom stereocenters. The van der Waals surface area contributed by atoms with E-state index in [0.29, 0.717) is 23.5 Å². The van der Waals surface area contributed by atoms with E-state index in [9.17, 15) is 4.79 Å². The van der Waals surface area contributed by atoms with Crippen molar-refractivity contribution in [2.75, 3.05) is 20.8 Å². The number of methoxy groups -OCH3 is 2. The molecule has 0 unspecified atom stereocenters. The summed E-state index contributed by atoms with van der Waals surface area (Å²) < 4.78 is 10.2. The van der Waals surface area contributed by atoms with Crippen molar-refractivity contribution in [3.8, 4) is 11.5 Å². The number of carbonyl (C=O) groups excluding carboxylic acids is 1. The zero-order valence-electron chi connectivity index (χ0n) is 10.9. The van der Waals surface area contributed by atoms with Gasteiger partial charge < -0.3 is 19.9 Å². The zero-order valence-corrected chi connectivity index (χ0v) is 10.9. The lowest BCUT2D eigenvalue weighted by atomic mass is 10.1. The molecule has 0 aliphatic rings. The number of hydrogen-bond donors (Lipinski definition) is 2. The maximum Gasteiger partial charge on any atom is 0.255 e. The highest BCUT2D eigenvalue weighted by atomic mass is 16.5. The topological polar surface area (TPSA) is 67.8 Å². The number of nitrogens with one attached hydrogen (secondary N) is 1. The Labute approximate surface area is 107 Å². The first kappa shape index (κ1) is 14.3. The van der Waals surface area contributed by atoms with Gasteiger partial charge in [0.1, 0.15) is 11.5 Å². The van der Waals surface area contributed by atoms with Gasteiger partial charge in [-0.3, -0.25) is 4.79 Å². The number of amides is 1. The molecule has 2 N–H and O–H groups in total. The van der Waals surface area contributed by atoms with E-state index in [1.54, 1.807) is 18.2 Å². The highest BCUT2D eigenvalue weighted by molar-refractivity contribution is 5.97. The minimum atomic E-state index is -0.286. The van der Waals surface area contributed by atoms with Crippen molar-refractivity contribution in [3.05, 3.63) is 23.8 Å².